The van der Waals surface area contributed by atoms with Gasteiger partial charge in [-0.15, -0.1) is 0 Å². The van der Waals surface area contributed by atoms with Gasteiger partial charge in [0.1, 0.15) is 6.04 Å². The Kier molecular flexibility index (Phi) is 11.5. The van der Waals surface area contributed by atoms with Crippen molar-refractivity contribution < 1.29 is 14.7 Å². The minimum atomic E-state index is -0.867. The van der Waals surface area contributed by atoms with E-state index in [9.17, 15) is 14.7 Å². The number of hydrogen-bond acceptors (Lipinski definition) is 6. The lowest BCUT2D eigenvalue weighted by molar-refractivity contribution is -0.129. The monoisotopic (exact) mass is 662 g/mol. The summed E-state index contributed by atoms with van der Waals surface area (Å²) in [7, 11) is 0. The van der Waals surface area contributed by atoms with Crippen LogP contribution in [0.2, 0.25) is 0 Å². The molecular weight excluding hydrogens is 612 g/mol. The molecule has 0 radical (unpaired) electrons. The smallest absolute Gasteiger partial charge is 0.321 e. The molecule has 258 valence electrons. The summed E-state index contributed by atoms with van der Waals surface area (Å²) in [6.45, 7) is 11.2. The van der Waals surface area contributed by atoms with Crippen molar-refractivity contribution in [1.82, 2.24) is 25.1 Å². The lowest BCUT2D eigenvalue weighted by Crippen LogP contribution is -2.57. The fourth-order valence-corrected chi connectivity index (χ4v) is 6.59. The molecule has 0 unspecified atom stereocenters. The van der Waals surface area contributed by atoms with Crippen LogP contribution in [-0.2, 0) is 24.2 Å². The number of amides is 3. The summed E-state index contributed by atoms with van der Waals surface area (Å²) in [5.74, 6) is -0.237. The number of aliphatic hydroxyl groups is 1. The molecule has 9 nitrogen and oxygen atoms in total. The summed E-state index contributed by atoms with van der Waals surface area (Å²) in [5, 5.41) is 14.6. The SMILES string of the molecule is Cc1ccc(-c2ccc(C[C@H](N)[C@@H](O)C[C@H](Cc3ccccc3)NC(=O)[C@@H](N3CCN(Cc4cccc(C)n4)C3=O)C(C)(C)C)cc2)cn1. The van der Waals surface area contributed by atoms with Crippen LogP contribution >= 0.6 is 0 Å². The number of nitrogens with two attached hydrogens (primary N) is 1. The topological polar surface area (TPSA) is 125 Å². The summed E-state index contributed by atoms with van der Waals surface area (Å²) < 4.78 is 0. The molecule has 9 heteroatoms. The number of carbonyl (C=O) groups excluding carboxylic acids is 2. The highest BCUT2D eigenvalue weighted by Crippen LogP contribution is 2.29. The Morgan fingerprint density at radius 1 is 0.878 bits per heavy atom. The van der Waals surface area contributed by atoms with Crippen LogP contribution in [0.3, 0.4) is 0 Å². The second kappa shape index (κ2) is 15.7. The molecule has 0 spiro atoms. The van der Waals surface area contributed by atoms with Crippen LogP contribution in [0, 0.1) is 19.3 Å². The van der Waals surface area contributed by atoms with Crippen molar-refractivity contribution in [2.75, 3.05) is 13.1 Å². The zero-order valence-electron chi connectivity index (χ0n) is 29.3. The minimum Gasteiger partial charge on any atom is -0.391 e. The number of urea groups is 1. The van der Waals surface area contributed by atoms with Gasteiger partial charge in [0.05, 0.1) is 18.3 Å². The molecule has 0 saturated carbocycles. The van der Waals surface area contributed by atoms with E-state index in [2.05, 4.69) is 21.4 Å². The Bertz CT molecular complexity index is 1690. The van der Waals surface area contributed by atoms with E-state index >= 15 is 0 Å². The first-order valence-electron chi connectivity index (χ1n) is 17.2. The zero-order valence-corrected chi connectivity index (χ0v) is 29.3. The molecule has 1 aliphatic rings. The maximum Gasteiger partial charge on any atom is 0.321 e. The normalized spacial score (nSPS) is 15.9. The summed E-state index contributed by atoms with van der Waals surface area (Å²) in [6, 6.07) is 26.1. The Morgan fingerprint density at radius 3 is 2.22 bits per heavy atom. The van der Waals surface area contributed by atoms with E-state index in [0.717, 1.165) is 39.3 Å². The van der Waals surface area contributed by atoms with Gasteiger partial charge in [-0.3, -0.25) is 14.8 Å². The average molecular weight is 663 g/mol. The molecule has 49 heavy (non-hydrogen) atoms. The maximum absolute atomic E-state index is 14.2. The predicted octanol–water partition coefficient (Wildman–Crippen LogP) is 5.46. The van der Waals surface area contributed by atoms with Crippen molar-refractivity contribution >= 4 is 11.9 Å². The number of rotatable bonds is 13. The number of aliphatic hydroxyl groups excluding tert-OH is 1. The van der Waals surface area contributed by atoms with E-state index in [1.165, 1.54) is 0 Å². The maximum atomic E-state index is 14.2. The van der Waals surface area contributed by atoms with Crippen LogP contribution < -0.4 is 11.1 Å². The summed E-state index contributed by atoms with van der Waals surface area (Å²) >= 11 is 0. The molecule has 2 aromatic heterocycles. The molecular formula is C40H50N6O3. The van der Waals surface area contributed by atoms with Crippen molar-refractivity contribution in [3.05, 3.63) is 119 Å². The van der Waals surface area contributed by atoms with Gasteiger partial charge in [-0.25, -0.2) is 4.79 Å². The van der Waals surface area contributed by atoms with Crippen LogP contribution in [0.15, 0.2) is 91.1 Å². The summed E-state index contributed by atoms with van der Waals surface area (Å²) in [4.78, 5) is 40.3. The van der Waals surface area contributed by atoms with Gasteiger partial charge in [0.2, 0.25) is 5.91 Å². The number of carbonyl (C=O) groups is 2. The lowest BCUT2D eigenvalue weighted by Gasteiger charge is -2.37. The molecule has 3 amide bonds. The van der Waals surface area contributed by atoms with Gasteiger partial charge >= 0.3 is 6.03 Å². The van der Waals surface area contributed by atoms with Gasteiger partial charge in [0.15, 0.2) is 0 Å². The number of benzene rings is 2. The molecule has 3 heterocycles. The summed E-state index contributed by atoms with van der Waals surface area (Å²) in [6.07, 6.45) is 2.27. The number of nitrogens with one attached hydrogen (secondary N) is 1. The van der Waals surface area contributed by atoms with E-state index < -0.39 is 29.6 Å². The van der Waals surface area contributed by atoms with E-state index in [1.54, 1.807) is 9.80 Å². The average Bonchev–Trinajstić information content (AvgIpc) is 3.40. The second-order valence-corrected chi connectivity index (χ2v) is 14.4. The first-order valence-corrected chi connectivity index (χ1v) is 17.2. The molecule has 4 N–H and O–H groups in total. The van der Waals surface area contributed by atoms with Gasteiger partial charge < -0.3 is 26.0 Å². The van der Waals surface area contributed by atoms with Crippen molar-refractivity contribution in [2.24, 2.45) is 11.1 Å². The van der Waals surface area contributed by atoms with E-state index in [1.807, 2.05) is 120 Å². The molecule has 0 aliphatic carbocycles. The Morgan fingerprint density at radius 2 is 1.57 bits per heavy atom. The quantitative estimate of drug-likeness (QED) is 0.175. The molecule has 1 fully saturated rings. The van der Waals surface area contributed by atoms with E-state index in [4.69, 9.17) is 5.73 Å². The van der Waals surface area contributed by atoms with Gasteiger partial charge in [-0.1, -0.05) is 87.5 Å². The number of nitrogens with zero attached hydrogens (tertiary/aromatic N) is 4. The third kappa shape index (κ3) is 9.52. The highest BCUT2D eigenvalue weighted by molar-refractivity contribution is 5.89. The van der Waals surface area contributed by atoms with Gasteiger partial charge in [-0.2, -0.15) is 0 Å². The fourth-order valence-electron chi connectivity index (χ4n) is 6.59. The standard InChI is InChI=1S/C40H50N6O3/c1-27-14-17-32(25-42-27)31-18-15-30(16-19-31)23-35(41)36(47)24-34(22-29-11-7-6-8-12-29)44-38(48)37(40(3,4)5)46-21-20-45(39(46)49)26-33-13-9-10-28(2)43-33/h6-19,25,34-37,47H,20-24,26,41H2,1-5H3,(H,44,48)/t34-,35-,36-,37+/m0/s1. The van der Waals surface area contributed by atoms with Crippen molar-refractivity contribution in [1.29, 1.82) is 0 Å². The van der Waals surface area contributed by atoms with E-state index in [-0.39, 0.29) is 18.4 Å². The molecule has 5 rings (SSSR count). The highest BCUT2D eigenvalue weighted by atomic mass is 16.3. The minimum absolute atomic E-state index is 0.176. The first kappa shape index (κ1) is 35.7. The lowest BCUT2D eigenvalue weighted by atomic mass is 9.84. The van der Waals surface area contributed by atoms with Crippen molar-refractivity contribution in [3.63, 3.8) is 0 Å². The summed E-state index contributed by atoms with van der Waals surface area (Å²) in [5.41, 5.74) is 12.9. The third-order valence-corrected chi connectivity index (χ3v) is 9.17. The van der Waals surface area contributed by atoms with Crippen LogP contribution in [0.1, 0.15) is 55.4 Å². The highest BCUT2D eigenvalue weighted by Gasteiger charge is 2.44. The Labute approximate surface area is 290 Å². The van der Waals surface area contributed by atoms with Crippen LogP contribution in [-0.4, -0.2) is 74.1 Å². The number of hydrogen-bond donors (Lipinski definition) is 3. The zero-order chi connectivity index (χ0) is 35.1. The number of aromatic nitrogens is 2. The predicted molar refractivity (Wildman–Crippen MR) is 194 cm³/mol. The van der Waals surface area contributed by atoms with Crippen molar-refractivity contribution in [2.45, 2.75) is 84.7 Å². The Hall–Kier alpha value is -4.60. The van der Waals surface area contributed by atoms with Crippen LogP contribution in [0.25, 0.3) is 11.1 Å². The molecule has 1 saturated heterocycles. The van der Waals surface area contributed by atoms with Gasteiger partial charge in [-0.05, 0) is 73.4 Å². The second-order valence-electron chi connectivity index (χ2n) is 14.4. The Balaban J connectivity index is 1.27. The molecule has 4 aromatic rings. The van der Waals surface area contributed by atoms with Gasteiger partial charge in [0.25, 0.3) is 0 Å². The van der Waals surface area contributed by atoms with E-state index in [0.29, 0.717) is 32.5 Å². The molecule has 0 bridgehead atoms. The first-order chi connectivity index (χ1) is 23.4. The molecule has 4 atom stereocenters. The fraction of sp³-hybridized carbons (Fsp3) is 0.400. The molecule has 2 aromatic carbocycles. The number of pyridine rings is 2. The van der Waals surface area contributed by atoms with Crippen LogP contribution in [0.5, 0.6) is 0 Å². The van der Waals surface area contributed by atoms with Crippen LogP contribution in [0.4, 0.5) is 4.79 Å². The van der Waals surface area contributed by atoms with Crippen molar-refractivity contribution in [3.8, 4) is 11.1 Å². The molecule has 1 aliphatic heterocycles. The number of aryl methyl sites for hydroxylation is 2. The van der Waals surface area contributed by atoms with Gasteiger partial charge in [0, 0.05) is 48.3 Å². The largest absolute Gasteiger partial charge is 0.391 e. The third-order valence-electron chi connectivity index (χ3n) is 9.17.